The van der Waals surface area contributed by atoms with E-state index in [2.05, 4.69) is 34.7 Å². The third-order valence-corrected chi connectivity index (χ3v) is 3.93. The van der Waals surface area contributed by atoms with Crippen molar-refractivity contribution in [2.75, 3.05) is 13.7 Å². The van der Waals surface area contributed by atoms with Crippen LogP contribution in [0, 0.1) is 0 Å². The second kappa shape index (κ2) is 8.02. The Kier molecular flexibility index (Phi) is 6.02. The van der Waals surface area contributed by atoms with Gasteiger partial charge >= 0.3 is 0 Å². The quantitative estimate of drug-likeness (QED) is 0.802. The number of hydrogen-bond donors (Lipinski definition) is 1. The number of nitrogens with zero attached hydrogens (tertiary/aromatic N) is 1. The molecule has 0 bridgehead atoms. The van der Waals surface area contributed by atoms with Gasteiger partial charge in [0.15, 0.2) is 0 Å². The second-order valence-electron chi connectivity index (χ2n) is 4.81. The van der Waals surface area contributed by atoms with E-state index in [9.17, 15) is 0 Å². The number of methoxy groups -OCH3 is 1. The summed E-state index contributed by atoms with van der Waals surface area (Å²) in [7, 11) is 1.70. The molecular formula is C16H22N2OS. The van der Waals surface area contributed by atoms with Gasteiger partial charge in [0.1, 0.15) is 5.75 Å². The summed E-state index contributed by atoms with van der Waals surface area (Å²) < 4.78 is 5.19. The molecule has 1 aromatic carbocycles. The Bertz CT molecular complexity index is 482. The van der Waals surface area contributed by atoms with Gasteiger partial charge in [-0.1, -0.05) is 19.1 Å². The van der Waals surface area contributed by atoms with E-state index in [1.807, 2.05) is 17.6 Å². The molecule has 4 heteroatoms. The van der Waals surface area contributed by atoms with Crippen LogP contribution in [0.4, 0.5) is 0 Å². The molecule has 0 fully saturated rings. The fourth-order valence-electron chi connectivity index (χ4n) is 2.17. The molecule has 0 aliphatic heterocycles. The largest absolute Gasteiger partial charge is 0.497 e. The maximum Gasteiger partial charge on any atom is 0.118 e. The molecule has 1 N–H and O–H groups in total. The van der Waals surface area contributed by atoms with Crippen molar-refractivity contribution in [2.24, 2.45) is 0 Å². The summed E-state index contributed by atoms with van der Waals surface area (Å²) in [6.45, 7) is 3.22. The highest BCUT2D eigenvalue weighted by Gasteiger charge is 2.12. The average molecular weight is 290 g/mol. The molecule has 0 amide bonds. The smallest absolute Gasteiger partial charge is 0.118 e. The van der Waals surface area contributed by atoms with E-state index >= 15 is 0 Å². The van der Waals surface area contributed by atoms with Gasteiger partial charge in [0.05, 0.1) is 24.4 Å². The number of aromatic nitrogens is 1. The first-order chi connectivity index (χ1) is 9.83. The molecule has 1 atom stereocenters. The van der Waals surface area contributed by atoms with Crippen molar-refractivity contribution >= 4 is 11.3 Å². The minimum absolute atomic E-state index is 0.350. The van der Waals surface area contributed by atoms with Crippen molar-refractivity contribution in [3.05, 3.63) is 46.4 Å². The first-order valence-corrected chi connectivity index (χ1v) is 8.02. The minimum atomic E-state index is 0.350. The summed E-state index contributed by atoms with van der Waals surface area (Å²) in [6.07, 6.45) is 3.25. The molecule has 2 aromatic rings. The van der Waals surface area contributed by atoms with Crippen molar-refractivity contribution in [3.8, 4) is 5.75 Å². The van der Waals surface area contributed by atoms with E-state index in [0.717, 1.165) is 37.3 Å². The van der Waals surface area contributed by atoms with Gasteiger partial charge < -0.3 is 10.1 Å². The molecule has 0 radical (unpaired) electrons. The lowest BCUT2D eigenvalue weighted by atomic mass is 10.0. The van der Waals surface area contributed by atoms with Crippen molar-refractivity contribution in [2.45, 2.75) is 32.2 Å². The molecule has 0 saturated heterocycles. The normalized spacial score (nSPS) is 12.3. The number of hydrogen-bond acceptors (Lipinski definition) is 4. The Labute approximate surface area is 125 Å². The van der Waals surface area contributed by atoms with Gasteiger partial charge in [0, 0.05) is 5.38 Å². The lowest BCUT2D eigenvalue weighted by Gasteiger charge is -2.16. The van der Waals surface area contributed by atoms with Crippen LogP contribution in [-0.4, -0.2) is 18.6 Å². The Morgan fingerprint density at radius 2 is 2.10 bits per heavy atom. The minimum Gasteiger partial charge on any atom is -0.497 e. The van der Waals surface area contributed by atoms with Gasteiger partial charge in [0.2, 0.25) is 0 Å². The zero-order chi connectivity index (χ0) is 14.2. The van der Waals surface area contributed by atoms with E-state index in [1.54, 1.807) is 18.4 Å². The SMILES string of the molecule is CCCNC(CCc1ccc(OC)cc1)c1cscn1. The Morgan fingerprint density at radius 1 is 1.30 bits per heavy atom. The predicted molar refractivity (Wildman–Crippen MR) is 84.5 cm³/mol. The summed E-state index contributed by atoms with van der Waals surface area (Å²) in [6, 6.07) is 8.66. The Morgan fingerprint density at radius 3 is 2.70 bits per heavy atom. The molecule has 0 saturated carbocycles. The summed E-state index contributed by atoms with van der Waals surface area (Å²) in [5.74, 6) is 0.911. The van der Waals surface area contributed by atoms with Crippen LogP contribution in [-0.2, 0) is 6.42 Å². The van der Waals surface area contributed by atoms with Crippen LogP contribution in [0.25, 0.3) is 0 Å². The van der Waals surface area contributed by atoms with Crippen molar-refractivity contribution in [3.63, 3.8) is 0 Å². The van der Waals surface area contributed by atoms with Crippen LogP contribution in [0.3, 0.4) is 0 Å². The molecule has 108 valence electrons. The molecule has 0 aliphatic rings. The molecule has 1 unspecified atom stereocenters. The summed E-state index contributed by atoms with van der Waals surface area (Å²) >= 11 is 1.66. The fraction of sp³-hybridized carbons (Fsp3) is 0.438. The van der Waals surface area contributed by atoms with Crippen molar-refractivity contribution < 1.29 is 4.74 Å². The number of nitrogens with one attached hydrogen (secondary N) is 1. The standard InChI is InChI=1S/C16H22N2OS/c1-3-10-17-15(16-11-20-12-18-16)9-6-13-4-7-14(19-2)8-5-13/h4-5,7-8,11-12,15,17H,3,6,9-10H2,1-2H3. The third kappa shape index (κ3) is 4.32. The monoisotopic (exact) mass is 290 g/mol. The highest BCUT2D eigenvalue weighted by atomic mass is 32.1. The van der Waals surface area contributed by atoms with E-state index in [-0.39, 0.29) is 0 Å². The third-order valence-electron chi connectivity index (χ3n) is 3.33. The van der Waals surface area contributed by atoms with Crippen LogP contribution in [0.1, 0.15) is 37.1 Å². The molecule has 0 spiro atoms. The van der Waals surface area contributed by atoms with E-state index in [4.69, 9.17) is 4.74 Å². The van der Waals surface area contributed by atoms with Gasteiger partial charge in [-0.15, -0.1) is 11.3 Å². The highest BCUT2D eigenvalue weighted by Crippen LogP contribution is 2.20. The summed E-state index contributed by atoms with van der Waals surface area (Å²) in [5.41, 5.74) is 4.41. The fourth-order valence-corrected chi connectivity index (χ4v) is 2.78. The van der Waals surface area contributed by atoms with Crippen molar-refractivity contribution in [1.82, 2.24) is 10.3 Å². The molecule has 2 rings (SSSR count). The van der Waals surface area contributed by atoms with Gasteiger partial charge in [-0.3, -0.25) is 0 Å². The van der Waals surface area contributed by atoms with Crippen LogP contribution >= 0.6 is 11.3 Å². The Balaban J connectivity index is 1.93. The zero-order valence-electron chi connectivity index (χ0n) is 12.1. The van der Waals surface area contributed by atoms with Crippen LogP contribution in [0.15, 0.2) is 35.2 Å². The first kappa shape index (κ1) is 15.0. The maximum atomic E-state index is 5.19. The molecule has 0 aliphatic carbocycles. The van der Waals surface area contributed by atoms with Gasteiger partial charge in [0.25, 0.3) is 0 Å². The first-order valence-electron chi connectivity index (χ1n) is 7.08. The number of rotatable bonds is 8. The molecule has 20 heavy (non-hydrogen) atoms. The lowest BCUT2D eigenvalue weighted by Crippen LogP contribution is -2.23. The second-order valence-corrected chi connectivity index (χ2v) is 5.53. The maximum absolute atomic E-state index is 5.19. The molecule has 1 aromatic heterocycles. The topological polar surface area (TPSA) is 34.1 Å². The van der Waals surface area contributed by atoms with Gasteiger partial charge in [-0.25, -0.2) is 4.98 Å². The molecule has 1 heterocycles. The number of benzene rings is 1. The highest BCUT2D eigenvalue weighted by molar-refractivity contribution is 7.07. The van der Waals surface area contributed by atoms with E-state index in [1.165, 1.54) is 5.56 Å². The Hall–Kier alpha value is -1.39. The molecular weight excluding hydrogens is 268 g/mol. The number of aryl methyl sites for hydroxylation is 1. The van der Waals surface area contributed by atoms with Gasteiger partial charge in [-0.2, -0.15) is 0 Å². The van der Waals surface area contributed by atoms with E-state index < -0.39 is 0 Å². The summed E-state index contributed by atoms with van der Waals surface area (Å²) in [5, 5.41) is 5.72. The number of thiazole rings is 1. The number of ether oxygens (including phenoxy) is 1. The van der Waals surface area contributed by atoms with Crippen LogP contribution in [0.5, 0.6) is 5.75 Å². The summed E-state index contributed by atoms with van der Waals surface area (Å²) in [4.78, 5) is 4.45. The van der Waals surface area contributed by atoms with Gasteiger partial charge in [-0.05, 0) is 43.5 Å². The average Bonchev–Trinajstić information content (AvgIpc) is 3.02. The van der Waals surface area contributed by atoms with E-state index in [0.29, 0.717) is 6.04 Å². The van der Waals surface area contributed by atoms with Crippen LogP contribution in [0.2, 0.25) is 0 Å². The predicted octanol–water partition coefficient (Wildman–Crippen LogP) is 3.83. The molecule has 3 nitrogen and oxygen atoms in total. The zero-order valence-corrected chi connectivity index (χ0v) is 13.0. The lowest BCUT2D eigenvalue weighted by molar-refractivity contribution is 0.414. The van der Waals surface area contributed by atoms with Crippen molar-refractivity contribution in [1.29, 1.82) is 0 Å². The van der Waals surface area contributed by atoms with Crippen LogP contribution < -0.4 is 10.1 Å².